The number of fused-ring (bicyclic) bond motifs is 9. The Labute approximate surface area is 281 Å². The molecule has 234 valence electrons. The Morgan fingerprint density at radius 2 is 1.17 bits per heavy atom. The van der Waals surface area contributed by atoms with Crippen LogP contribution in [0.2, 0.25) is 0 Å². The van der Waals surface area contributed by atoms with E-state index in [1.54, 1.807) is 0 Å². The van der Waals surface area contributed by atoms with Gasteiger partial charge in [-0.05, 0) is 69.7 Å². The topological polar surface area (TPSA) is 57.1 Å². The standard InChI is InChI=1S/C39H36N6OS/c1-5-43(6-2)25-17-19-31-33(23-25)46-34-24-26(44(7-3)8-4)18-20-32(34)39(31)30-16-10-9-13-27(30)38(47)45(39)42-35-28-14-11-21-40-36(28)37-29(35)15-12-22-41-37/h9-24H,5-8H2,1-4H3. The van der Waals surface area contributed by atoms with Gasteiger partial charge >= 0.3 is 0 Å². The Morgan fingerprint density at radius 3 is 1.70 bits per heavy atom. The van der Waals surface area contributed by atoms with Crippen molar-refractivity contribution in [2.45, 2.75) is 33.2 Å². The first-order chi connectivity index (χ1) is 23.0. The van der Waals surface area contributed by atoms with Gasteiger partial charge < -0.3 is 14.5 Å². The molecule has 8 rings (SSSR count). The first-order valence-corrected chi connectivity index (χ1v) is 16.9. The summed E-state index contributed by atoms with van der Waals surface area (Å²) in [5.74, 6) is 1.61. The lowest BCUT2D eigenvalue weighted by atomic mass is 9.75. The number of hydrogen-bond acceptors (Lipinski definition) is 7. The molecule has 2 aromatic heterocycles. The molecule has 0 saturated carbocycles. The minimum absolute atomic E-state index is 0.662. The summed E-state index contributed by atoms with van der Waals surface area (Å²) in [6, 6.07) is 29.7. The molecule has 0 bridgehead atoms. The SMILES string of the molecule is CCN(CC)c1ccc2c(c1)Oc1cc(N(CC)CC)ccc1C21c2ccccc2C(=S)N1N=C1c2cccnc2-c2ncccc21. The van der Waals surface area contributed by atoms with Gasteiger partial charge in [0.2, 0.25) is 0 Å². The first-order valence-electron chi connectivity index (χ1n) is 16.5. The molecule has 0 radical (unpaired) electrons. The molecule has 1 spiro atoms. The molecule has 7 nitrogen and oxygen atoms in total. The van der Waals surface area contributed by atoms with Crippen LogP contribution in [0.5, 0.6) is 11.5 Å². The zero-order chi connectivity index (χ0) is 32.3. The Balaban J connectivity index is 1.45. The normalized spacial score (nSPS) is 14.6. The quantitative estimate of drug-likeness (QED) is 0.165. The highest BCUT2D eigenvalue weighted by Crippen LogP contribution is 2.59. The molecule has 0 amide bonds. The molecule has 3 aromatic carbocycles. The van der Waals surface area contributed by atoms with Crippen LogP contribution in [-0.2, 0) is 5.54 Å². The van der Waals surface area contributed by atoms with Crippen LogP contribution in [0.1, 0.15) is 61.1 Å². The summed E-state index contributed by atoms with van der Waals surface area (Å²) in [5, 5.41) is 7.63. The van der Waals surface area contributed by atoms with Gasteiger partial charge in [-0.2, -0.15) is 5.10 Å². The second-order valence-corrected chi connectivity index (χ2v) is 12.3. The monoisotopic (exact) mass is 636 g/mol. The smallest absolute Gasteiger partial charge is 0.147 e. The maximum atomic E-state index is 6.91. The molecule has 5 aromatic rings. The van der Waals surface area contributed by atoms with Crippen molar-refractivity contribution in [2.24, 2.45) is 5.10 Å². The van der Waals surface area contributed by atoms with Gasteiger partial charge in [-0.25, -0.2) is 5.01 Å². The number of anilines is 2. The molecule has 47 heavy (non-hydrogen) atoms. The van der Waals surface area contributed by atoms with E-state index in [2.05, 4.69) is 115 Å². The number of rotatable bonds is 7. The van der Waals surface area contributed by atoms with Crippen molar-refractivity contribution < 1.29 is 4.74 Å². The van der Waals surface area contributed by atoms with Crippen LogP contribution in [0.4, 0.5) is 11.4 Å². The van der Waals surface area contributed by atoms with E-state index in [-0.39, 0.29) is 0 Å². The average Bonchev–Trinajstić information content (AvgIpc) is 3.56. The van der Waals surface area contributed by atoms with E-state index in [1.807, 2.05) is 24.5 Å². The van der Waals surface area contributed by atoms with Crippen molar-refractivity contribution >= 4 is 34.3 Å². The molecule has 0 atom stereocenters. The molecular weight excluding hydrogens is 601 g/mol. The molecule has 8 heteroatoms. The molecule has 0 fully saturated rings. The number of pyridine rings is 2. The van der Waals surface area contributed by atoms with Crippen LogP contribution in [0.25, 0.3) is 11.4 Å². The minimum Gasteiger partial charge on any atom is -0.456 e. The van der Waals surface area contributed by atoms with Gasteiger partial charge in [0.25, 0.3) is 0 Å². The summed E-state index contributed by atoms with van der Waals surface area (Å²) in [7, 11) is 0. The third-order valence-electron chi connectivity index (χ3n) is 9.79. The van der Waals surface area contributed by atoms with Crippen LogP contribution in [0.15, 0.2) is 102 Å². The molecule has 0 unspecified atom stereocenters. The summed E-state index contributed by atoms with van der Waals surface area (Å²) in [6.07, 6.45) is 3.62. The van der Waals surface area contributed by atoms with Gasteiger partial charge in [0.15, 0.2) is 0 Å². The fraction of sp³-hybridized carbons (Fsp3) is 0.231. The Hall–Kier alpha value is -5.08. The Bertz CT molecular complexity index is 1970. The van der Waals surface area contributed by atoms with Crippen LogP contribution in [0.3, 0.4) is 0 Å². The second kappa shape index (κ2) is 11.3. The lowest BCUT2D eigenvalue weighted by molar-refractivity contribution is 0.268. The zero-order valence-electron chi connectivity index (χ0n) is 27.1. The highest BCUT2D eigenvalue weighted by molar-refractivity contribution is 7.80. The average molecular weight is 637 g/mol. The molecular formula is C39H36N6OS. The lowest BCUT2D eigenvalue weighted by Crippen LogP contribution is -2.45. The summed E-state index contributed by atoms with van der Waals surface area (Å²) in [5.41, 5.74) is 9.80. The highest BCUT2D eigenvalue weighted by Gasteiger charge is 2.56. The minimum atomic E-state index is -0.874. The fourth-order valence-corrected chi connectivity index (χ4v) is 7.91. The Kier molecular flexibility index (Phi) is 7.06. The van der Waals surface area contributed by atoms with E-state index >= 15 is 0 Å². The van der Waals surface area contributed by atoms with E-state index in [9.17, 15) is 0 Å². The molecule has 2 aliphatic heterocycles. The predicted molar refractivity (Wildman–Crippen MR) is 193 cm³/mol. The van der Waals surface area contributed by atoms with Crippen molar-refractivity contribution in [1.82, 2.24) is 15.0 Å². The van der Waals surface area contributed by atoms with Crippen LogP contribution < -0.4 is 14.5 Å². The van der Waals surface area contributed by atoms with Crippen molar-refractivity contribution in [1.29, 1.82) is 0 Å². The molecule has 1 aliphatic carbocycles. The van der Waals surface area contributed by atoms with Gasteiger partial charge in [0.05, 0.1) is 11.4 Å². The number of aromatic nitrogens is 2. The van der Waals surface area contributed by atoms with Gasteiger partial charge in [-0.15, -0.1) is 0 Å². The Morgan fingerprint density at radius 1 is 0.660 bits per heavy atom. The molecule has 4 heterocycles. The summed E-state index contributed by atoms with van der Waals surface area (Å²) in [6.45, 7) is 12.3. The third-order valence-corrected chi connectivity index (χ3v) is 10.2. The van der Waals surface area contributed by atoms with Gasteiger partial charge in [0.1, 0.15) is 27.7 Å². The van der Waals surface area contributed by atoms with Gasteiger partial charge in [-0.1, -0.05) is 48.6 Å². The van der Waals surface area contributed by atoms with E-state index in [4.69, 9.17) is 32.0 Å². The van der Waals surface area contributed by atoms with Gasteiger partial charge in [-0.3, -0.25) is 9.97 Å². The zero-order valence-corrected chi connectivity index (χ0v) is 27.9. The van der Waals surface area contributed by atoms with E-state index < -0.39 is 5.54 Å². The second-order valence-electron chi connectivity index (χ2n) is 11.9. The summed E-state index contributed by atoms with van der Waals surface area (Å²) >= 11 is 6.38. The molecule has 0 N–H and O–H groups in total. The lowest BCUT2D eigenvalue weighted by Gasteiger charge is -2.43. The highest BCUT2D eigenvalue weighted by atomic mass is 32.1. The largest absolute Gasteiger partial charge is 0.456 e. The van der Waals surface area contributed by atoms with Crippen molar-refractivity contribution in [3.8, 4) is 22.9 Å². The number of thiocarbonyl (C=S) groups is 1. The van der Waals surface area contributed by atoms with Crippen molar-refractivity contribution in [3.05, 3.63) is 131 Å². The molecule has 0 saturated heterocycles. The van der Waals surface area contributed by atoms with Crippen molar-refractivity contribution in [3.63, 3.8) is 0 Å². The number of nitrogens with zero attached hydrogens (tertiary/aromatic N) is 6. The van der Waals surface area contributed by atoms with Crippen LogP contribution in [0, 0.1) is 0 Å². The van der Waals surface area contributed by atoms with Gasteiger partial charge in [0, 0.05) is 89.9 Å². The van der Waals surface area contributed by atoms with Crippen molar-refractivity contribution in [2.75, 3.05) is 36.0 Å². The van der Waals surface area contributed by atoms with E-state index in [1.165, 1.54) is 0 Å². The van der Waals surface area contributed by atoms with E-state index in [0.29, 0.717) is 4.99 Å². The van der Waals surface area contributed by atoms with E-state index in [0.717, 1.165) is 99.5 Å². The number of hydrazone groups is 1. The summed E-state index contributed by atoms with van der Waals surface area (Å²) < 4.78 is 6.91. The third kappa shape index (κ3) is 4.17. The van der Waals surface area contributed by atoms with Crippen LogP contribution in [-0.4, -0.2) is 51.9 Å². The molecule has 3 aliphatic rings. The maximum absolute atomic E-state index is 6.91. The number of benzene rings is 3. The predicted octanol–water partition coefficient (Wildman–Crippen LogP) is 7.99. The number of ether oxygens (including phenoxy) is 1. The number of hydrogen-bond donors (Lipinski definition) is 0. The first kappa shape index (κ1) is 29.3. The fourth-order valence-electron chi connectivity index (χ4n) is 7.55. The summed E-state index contributed by atoms with van der Waals surface area (Å²) in [4.78, 5) is 14.8. The van der Waals surface area contributed by atoms with Crippen LogP contribution >= 0.6 is 12.2 Å². The maximum Gasteiger partial charge on any atom is 0.147 e.